The SMILES string of the molecule is CC(=O)c1ccc(OCCCC(=O)NNC(=O)c2ccc[nH]2)cc1. The van der Waals surface area contributed by atoms with E-state index in [0.717, 1.165) is 0 Å². The van der Waals surface area contributed by atoms with E-state index in [1.165, 1.54) is 6.92 Å². The summed E-state index contributed by atoms with van der Waals surface area (Å²) in [6.45, 7) is 1.86. The van der Waals surface area contributed by atoms with Crippen molar-refractivity contribution in [1.29, 1.82) is 0 Å². The zero-order valence-corrected chi connectivity index (χ0v) is 13.3. The number of Topliss-reactive ketones (excluding diaryl/α,β-unsaturated/α-hetero) is 1. The maximum atomic E-state index is 11.6. The van der Waals surface area contributed by atoms with E-state index in [4.69, 9.17) is 4.74 Å². The Balaban J connectivity index is 1.62. The number of H-pyrrole nitrogens is 1. The molecule has 0 aliphatic carbocycles. The molecule has 1 heterocycles. The molecule has 0 bridgehead atoms. The highest BCUT2D eigenvalue weighted by atomic mass is 16.5. The Morgan fingerprint density at radius 1 is 1.08 bits per heavy atom. The molecule has 0 spiro atoms. The number of aromatic nitrogens is 1. The topological polar surface area (TPSA) is 100 Å². The van der Waals surface area contributed by atoms with Gasteiger partial charge in [-0.1, -0.05) is 0 Å². The molecule has 2 aromatic rings. The molecule has 24 heavy (non-hydrogen) atoms. The Bertz CT molecular complexity index is 693. The van der Waals surface area contributed by atoms with Gasteiger partial charge in [-0.25, -0.2) is 0 Å². The van der Waals surface area contributed by atoms with Gasteiger partial charge in [-0.2, -0.15) is 0 Å². The van der Waals surface area contributed by atoms with Crippen molar-refractivity contribution in [2.24, 2.45) is 0 Å². The summed E-state index contributed by atoms with van der Waals surface area (Å²) < 4.78 is 5.49. The molecule has 7 heteroatoms. The number of ketones is 1. The first kappa shape index (κ1) is 17.3. The molecule has 1 aromatic carbocycles. The Kier molecular flexibility index (Phi) is 6.13. The fraction of sp³-hybridized carbons (Fsp3) is 0.235. The van der Waals surface area contributed by atoms with Crippen molar-refractivity contribution < 1.29 is 19.1 Å². The number of benzene rings is 1. The Morgan fingerprint density at radius 2 is 1.83 bits per heavy atom. The van der Waals surface area contributed by atoms with Gasteiger partial charge in [0, 0.05) is 18.2 Å². The van der Waals surface area contributed by atoms with Gasteiger partial charge in [0.1, 0.15) is 11.4 Å². The van der Waals surface area contributed by atoms with E-state index < -0.39 is 5.91 Å². The van der Waals surface area contributed by atoms with Crippen LogP contribution in [0.2, 0.25) is 0 Å². The van der Waals surface area contributed by atoms with Crippen molar-refractivity contribution in [3.8, 4) is 5.75 Å². The summed E-state index contributed by atoms with van der Waals surface area (Å²) in [4.78, 5) is 37.1. The highest BCUT2D eigenvalue weighted by Gasteiger charge is 2.07. The van der Waals surface area contributed by atoms with Gasteiger partial charge in [0.2, 0.25) is 5.91 Å². The molecular weight excluding hydrogens is 310 g/mol. The minimum atomic E-state index is -0.407. The van der Waals surface area contributed by atoms with E-state index in [0.29, 0.717) is 30.0 Å². The standard InChI is InChI=1S/C17H19N3O4/c1-12(21)13-6-8-14(9-7-13)24-11-3-5-16(22)19-20-17(23)15-4-2-10-18-15/h2,4,6-10,18H,3,5,11H2,1H3,(H,19,22)(H,20,23). The summed E-state index contributed by atoms with van der Waals surface area (Å²) in [5.74, 6) is -0.0688. The van der Waals surface area contributed by atoms with Crippen LogP contribution in [0.4, 0.5) is 0 Å². The molecule has 0 saturated heterocycles. The van der Waals surface area contributed by atoms with Crippen LogP contribution in [0.15, 0.2) is 42.6 Å². The van der Waals surface area contributed by atoms with E-state index in [1.807, 2.05) is 0 Å². The van der Waals surface area contributed by atoms with E-state index in [2.05, 4.69) is 15.8 Å². The van der Waals surface area contributed by atoms with Crippen LogP contribution in [0, 0.1) is 0 Å². The average Bonchev–Trinajstić information content (AvgIpc) is 3.11. The Morgan fingerprint density at radius 3 is 2.46 bits per heavy atom. The fourth-order valence-corrected chi connectivity index (χ4v) is 1.94. The Labute approximate surface area is 139 Å². The van der Waals surface area contributed by atoms with Gasteiger partial charge in [-0.3, -0.25) is 25.2 Å². The van der Waals surface area contributed by atoms with E-state index in [1.54, 1.807) is 42.6 Å². The predicted octanol–water partition coefficient (Wildman–Crippen LogP) is 1.84. The number of hydrazine groups is 1. The lowest BCUT2D eigenvalue weighted by atomic mass is 10.1. The first-order valence-corrected chi connectivity index (χ1v) is 7.52. The van der Waals surface area contributed by atoms with Crippen LogP contribution in [0.25, 0.3) is 0 Å². The van der Waals surface area contributed by atoms with Crippen LogP contribution in [0.3, 0.4) is 0 Å². The molecule has 0 unspecified atom stereocenters. The number of carbonyl (C=O) groups excluding carboxylic acids is 3. The molecule has 0 saturated carbocycles. The number of ether oxygens (including phenoxy) is 1. The van der Waals surface area contributed by atoms with Crippen molar-refractivity contribution >= 4 is 17.6 Å². The normalized spacial score (nSPS) is 10.0. The third-order valence-electron chi connectivity index (χ3n) is 3.24. The van der Waals surface area contributed by atoms with Gasteiger partial charge in [0.15, 0.2) is 5.78 Å². The van der Waals surface area contributed by atoms with Gasteiger partial charge in [0.25, 0.3) is 5.91 Å². The lowest BCUT2D eigenvalue weighted by molar-refractivity contribution is -0.122. The van der Waals surface area contributed by atoms with Crippen molar-refractivity contribution in [2.45, 2.75) is 19.8 Å². The highest BCUT2D eigenvalue weighted by Crippen LogP contribution is 2.13. The number of hydrogen-bond donors (Lipinski definition) is 3. The quantitative estimate of drug-likeness (QED) is 0.410. The minimum absolute atomic E-state index is 0.000355. The number of aromatic amines is 1. The summed E-state index contributed by atoms with van der Waals surface area (Å²) in [7, 11) is 0. The average molecular weight is 329 g/mol. The van der Waals surface area contributed by atoms with Gasteiger partial charge in [-0.05, 0) is 49.7 Å². The highest BCUT2D eigenvalue weighted by molar-refractivity contribution is 5.94. The maximum absolute atomic E-state index is 11.6. The van der Waals surface area contributed by atoms with E-state index in [9.17, 15) is 14.4 Å². The number of amides is 2. The molecule has 126 valence electrons. The lowest BCUT2D eigenvalue weighted by Crippen LogP contribution is -2.41. The van der Waals surface area contributed by atoms with Gasteiger partial charge >= 0.3 is 0 Å². The third kappa shape index (κ3) is 5.28. The summed E-state index contributed by atoms with van der Waals surface area (Å²) >= 11 is 0. The van der Waals surface area contributed by atoms with Crippen molar-refractivity contribution in [2.75, 3.05) is 6.61 Å². The molecule has 3 N–H and O–H groups in total. The zero-order chi connectivity index (χ0) is 17.4. The Hall–Kier alpha value is -3.09. The molecule has 0 atom stereocenters. The smallest absolute Gasteiger partial charge is 0.286 e. The number of carbonyl (C=O) groups is 3. The zero-order valence-electron chi connectivity index (χ0n) is 13.3. The molecule has 2 amide bonds. The largest absolute Gasteiger partial charge is 0.494 e. The second-order valence-electron chi connectivity index (χ2n) is 5.12. The summed E-state index contributed by atoms with van der Waals surface area (Å²) in [6, 6.07) is 10.1. The predicted molar refractivity (Wildman–Crippen MR) is 87.6 cm³/mol. The monoisotopic (exact) mass is 329 g/mol. The van der Waals surface area contributed by atoms with Crippen LogP contribution < -0.4 is 15.6 Å². The summed E-state index contributed by atoms with van der Waals surface area (Å²) in [6.07, 6.45) is 2.34. The molecule has 0 aliphatic heterocycles. The maximum Gasteiger partial charge on any atom is 0.286 e. The van der Waals surface area contributed by atoms with Crippen molar-refractivity contribution in [3.05, 3.63) is 53.9 Å². The molecule has 0 aliphatic rings. The van der Waals surface area contributed by atoms with Gasteiger partial charge in [-0.15, -0.1) is 0 Å². The molecule has 7 nitrogen and oxygen atoms in total. The lowest BCUT2D eigenvalue weighted by Gasteiger charge is -2.08. The van der Waals surface area contributed by atoms with Crippen molar-refractivity contribution in [1.82, 2.24) is 15.8 Å². The molecule has 2 rings (SSSR count). The van der Waals surface area contributed by atoms with Crippen LogP contribution in [0.1, 0.15) is 40.6 Å². The van der Waals surface area contributed by atoms with E-state index >= 15 is 0 Å². The molecule has 1 aromatic heterocycles. The minimum Gasteiger partial charge on any atom is -0.494 e. The fourth-order valence-electron chi connectivity index (χ4n) is 1.94. The van der Waals surface area contributed by atoms with E-state index in [-0.39, 0.29) is 18.1 Å². The second-order valence-corrected chi connectivity index (χ2v) is 5.12. The van der Waals surface area contributed by atoms with Crippen LogP contribution in [0.5, 0.6) is 5.75 Å². The number of nitrogens with one attached hydrogen (secondary N) is 3. The molecule has 0 fully saturated rings. The number of rotatable bonds is 7. The van der Waals surface area contributed by atoms with Gasteiger partial charge < -0.3 is 9.72 Å². The van der Waals surface area contributed by atoms with Crippen LogP contribution in [-0.2, 0) is 4.79 Å². The number of hydrogen-bond acceptors (Lipinski definition) is 4. The molecular formula is C17H19N3O4. The molecule has 0 radical (unpaired) electrons. The first-order chi connectivity index (χ1) is 11.6. The third-order valence-corrected chi connectivity index (χ3v) is 3.24. The summed E-state index contributed by atoms with van der Waals surface area (Å²) in [5.41, 5.74) is 5.65. The first-order valence-electron chi connectivity index (χ1n) is 7.52. The van der Waals surface area contributed by atoms with Crippen LogP contribution >= 0.6 is 0 Å². The van der Waals surface area contributed by atoms with Crippen LogP contribution in [-0.4, -0.2) is 29.2 Å². The van der Waals surface area contributed by atoms with Gasteiger partial charge in [0.05, 0.1) is 6.61 Å². The summed E-state index contributed by atoms with van der Waals surface area (Å²) in [5, 5.41) is 0. The van der Waals surface area contributed by atoms with Crippen molar-refractivity contribution in [3.63, 3.8) is 0 Å². The second kappa shape index (κ2) is 8.52.